The summed E-state index contributed by atoms with van der Waals surface area (Å²) in [5, 5.41) is 16.6. The van der Waals surface area contributed by atoms with Gasteiger partial charge in [-0.15, -0.1) is 0 Å². The van der Waals surface area contributed by atoms with E-state index in [0.29, 0.717) is 0 Å². The molecule has 11 nitrogen and oxygen atoms in total. The summed E-state index contributed by atoms with van der Waals surface area (Å²) >= 11 is 4.10. The molecule has 0 aliphatic heterocycles. The number of nitrogens with two attached hydrogens (primary N) is 2. The van der Waals surface area contributed by atoms with Crippen LogP contribution in [0.5, 0.6) is 0 Å². The Morgan fingerprint density at radius 3 is 2.00 bits per heavy atom. The summed E-state index contributed by atoms with van der Waals surface area (Å²) < 4.78 is 0. The lowest BCUT2D eigenvalue weighted by Gasteiger charge is -2.25. The molecule has 1 aromatic rings. The van der Waals surface area contributed by atoms with Gasteiger partial charge in [-0.3, -0.25) is 19.2 Å². The number of thiol groups is 1. The van der Waals surface area contributed by atoms with Gasteiger partial charge in [0.1, 0.15) is 18.1 Å². The molecule has 0 aromatic heterocycles. The molecule has 34 heavy (non-hydrogen) atoms. The molecule has 4 atom stereocenters. The first-order valence-corrected chi connectivity index (χ1v) is 11.4. The van der Waals surface area contributed by atoms with E-state index in [1.54, 1.807) is 13.8 Å². The van der Waals surface area contributed by atoms with Gasteiger partial charge in [-0.2, -0.15) is 12.6 Å². The van der Waals surface area contributed by atoms with Crippen LogP contribution in [-0.2, 0) is 30.4 Å². The number of rotatable bonds is 14. The minimum Gasteiger partial charge on any atom is -0.480 e. The molecule has 0 saturated carbocycles. The van der Waals surface area contributed by atoms with Crippen molar-refractivity contribution >= 4 is 42.2 Å². The highest BCUT2D eigenvalue weighted by atomic mass is 32.1. The van der Waals surface area contributed by atoms with Crippen LogP contribution in [0.3, 0.4) is 0 Å². The van der Waals surface area contributed by atoms with Crippen molar-refractivity contribution in [3.63, 3.8) is 0 Å². The second-order valence-corrected chi connectivity index (χ2v) is 8.54. The highest BCUT2D eigenvalue weighted by Crippen LogP contribution is 2.06. The summed E-state index contributed by atoms with van der Waals surface area (Å²) in [4.78, 5) is 60.6. The number of aliphatic carboxylic acids is 1. The number of nitrogens with one attached hydrogen (secondary N) is 3. The first kappa shape index (κ1) is 28.9. The van der Waals surface area contributed by atoms with Crippen LogP contribution in [0.2, 0.25) is 0 Å². The number of carboxylic acids is 1. The SMILES string of the molecule is CC(C)C(NC(=O)C(CCC(N)=O)NC(=O)C(CS)NC(=O)C(N)Cc1ccccc1)C(=O)O. The van der Waals surface area contributed by atoms with Crippen molar-refractivity contribution < 1.29 is 29.1 Å². The van der Waals surface area contributed by atoms with Gasteiger partial charge >= 0.3 is 5.97 Å². The van der Waals surface area contributed by atoms with Crippen molar-refractivity contribution in [3.8, 4) is 0 Å². The lowest BCUT2D eigenvalue weighted by atomic mass is 10.0. The quantitative estimate of drug-likeness (QED) is 0.160. The summed E-state index contributed by atoms with van der Waals surface area (Å²) in [6, 6.07) is 4.61. The third kappa shape index (κ3) is 9.79. The molecule has 0 fully saturated rings. The van der Waals surface area contributed by atoms with Crippen LogP contribution >= 0.6 is 12.6 Å². The van der Waals surface area contributed by atoms with Gasteiger partial charge in [-0.1, -0.05) is 44.2 Å². The van der Waals surface area contributed by atoms with Crippen LogP contribution in [0.4, 0.5) is 0 Å². The zero-order chi connectivity index (χ0) is 25.8. The largest absolute Gasteiger partial charge is 0.480 e. The molecule has 8 N–H and O–H groups in total. The van der Waals surface area contributed by atoms with Gasteiger partial charge in [0.05, 0.1) is 6.04 Å². The number of benzene rings is 1. The zero-order valence-corrected chi connectivity index (χ0v) is 20.1. The number of hydrogen-bond donors (Lipinski definition) is 7. The van der Waals surface area contributed by atoms with E-state index in [1.165, 1.54) is 0 Å². The Labute approximate surface area is 203 Å². The molecule has 4 unspecified atom stereocenters. The van der Waals surface area contributed by atoms with Crippen molar-refractivity contribution in [1.82, 2.24) is 16.0 Å². The Kier molecular flexibility index (Phi) is 12.1. The van der Waals surface area contributed by atoms with Gasteiger partial charge in [0.25, 0.3) is 0 Å². The lowest BCUT2D eigenvalue weighted by molar-refractivity contribution is -0.143. The fraction of sp³-hybridized carbons (Fsp3) is 0.500. The first-order valence-electron chi connectivity index (χ1n) is 10.8. The molecule has 0 radical (unpaired) electrons. The molecule has 1 aromatic carbocycles. The molecule has 4 amide bonds. The van der Waals surface area contributed by atoms with Crippen LogP contribution < -0.4 is 27.4 Å². The third-order valence-electron chi connectivity index (χ3n) is 4.99. The Morgan fingerprint density at radius 1 is 0.941 bits per heavy atom. The molecular weight excluding hydrogens is 462 g/mol. The van der Waals surface area contributed by atoms with E-state index in [2.05, 4.69) is 28.6 Å². The van der Waals surface area contributed by atoms with Crippen molar-refractivity contribution in [2.45, 2.75) is 57.3 Å². The van der Waals surface area contributed by atoms with E-state index in [-0.39, 0.29) is 25.0 Å². The highest BCUT2D eigenvalue weighted by molar-refractivity contribution is 7.80. The van der Waals surface area contributed by atoms with Gasteiger partial charge in [-0.05, 0) is 24.3 Å². The monoisotopic (exact) mass is 495 g/mol. The Morgan fingerprint density at radius 2 is 1.50 bits per heavy atom. The summed E-state index contributed by atoms with van der Waals surface area (Å²) in [6.45, 7) is 3.22. The van der Waals surface area contributed by atoms with Crippen molar-refractivity contribution in [2.75, 3.05) is 5.75 Å². The van der Waals surface area contributed by atoms with E-state index in [1.807, 2.05) is 30.3 Å². The molecule has 0 aliphatic carbocycles. The number of primary amides is 1. The lowest BCUT2D eigenvalue weighted by Crippen LogP contribution is -2.58. The molecule has 0 heterocycles. The van der Waals surface area contributed by atoms with Crippen molar-refractivity contribution in [2.24, 2.45) is 17.4 Å². The summed E-state index contributed by atoms with van der Waals surface area (Å²) in [7, 11) is 0. The molecule has 188 valence electrons. The average Bonchev–Trinajstić information content (AvgIpc) is 2.77. The summed E-state index contributed by atoms with van der Waals surface area (Å²) in [5.41, 5.74) is 12.0. The van der Waals surface area contributed by atoms with Crippen LogP contribution in [0, 0.1) is 5.92 Å². The normalized spacial score (nSPS) is 14.4. The maximum atomic E-state index is 12.8. The molecule has 12 heteroatoms. The topological polar surface area (TPSA) is 194 Å². The second-order valence-electron chi connectivity index (χ2n) is 8.17. The average molecular weight is 496 g/mol. The first-order chi connectivity index (χ1) is 16.0. The van der Waals surface area contributed by atoms with E-state index in [9.17, 15) is 29.1 Å². The van der Waals surface area contributed by atoms with Crippen LogP contribution in [0.25, 0.3) is 0 Å². The summed E-state index contributed by atoms with van der Waals surface area (Å²) in [6.07, 6.45) is -0.126. The smallest absolute Gasteiger partial charge is 0.326 e. The minimum absolute atomic E-state index is 0.0937. The third-order valence-corrected chi connectivity index (χ3v) is 5.36. The molecule has 1 rings (SSSR count). The van der Waals surface area contributed by atoms with Gasteiger partial charge in [0.2, 0.25) is 23.6 Å². The fourth-order valence-electron chi connectivity index (χ4n) is 3.03. The van der Waals surface area contributed by atoms with E-state index in [4.69, 9.17) is 11.5 Å². The van der Waals surface area contributed by atoms with Crippen molar-refractivity contribution in [1.29, 1.82) is 0 Å². The maximum absolute atomic E-state index is 12.8. The number of carboxylic acid groups (broad SMARTS) is 1. The molecule has 0 spiro atoms. The van der Waals surface area contributed by atoms with Gasteiger partial charge in [0.15, 0.2) is 0 Å². The number of amides is 4. The van der Waals surface area contributed by atoms with E-state index in [0.717, 1.165) is 5.56 Å². The Balaban J connectivity index is 2.86. The van der Waals surface area contributed by atoms with Gasteiger partial charge in [-0.25, -0.2) is 4.79 Å². The van der Waals surface area contributed by atoms with Crippen molar-refractivity contribution in [3.05, 3.63) is 35.9 Å². The molecule has 0 bridgehead atoms. The second kappa shape index (κ2) is 14.2. The number of carbonyl (C=O) groups excluding carboxylic acids is 4. The molecular formula is C22H33N5O6S. The van der Waals surface area contributed by atoms with Gasteiger partial charge < -0.3 is 32.5 Å². The van der Waals surface area contributed by atoms with Crippen LogP contribution in [0.1, 0.15) is 32.3 Å². The fourth-order valence-corrected chi connectivity index (χ4v) is 3.29. The maximum Gasteiger partial charge on any atom is 0.326 e. The van der Waals surface area contributed by atoms with E-state index >= 15 is 0 Å². The summed E-state index contributed by atoms with van der Waals surface area (Å²) in [5.74, 6) is -4.57. The standard InChI is InChI=1S/C22H33N5O6S/c1-12(2)18(22(32)33)27-20(30)15(8-9-17(24)28)25-21(31)16(11-34)26-19(29)14(23)10-13-6-4-3-5-7-13/h3-7,12,14-16,18,34H,8-11,23H2,1-2H3,(H2,24,28)(H,25,31)(H,26,29)(H,27,30)(H,32,33). The molecule has 0 aliphatic rings. The zero-order valence-electron chi connectivity index (χ0n) is 19.2. The molecule has 0 saturated heterocycles. The highest BCUT2D eigenvalue weighted by Gasteiger charge is 2.31. The van der Waals surface area contributed by atoms with Gasteiger partial charge in [0, 0.05) is 12.2 Å². The van der Waals surface area contributed by atoms with E-state index < -0.39 is 59.7 Å². The number of hydrogen-bond acceptors (Lipinski definition) is 7. The predicted molar refractivity (Wildman–Crippen MR) is 129 cm³/mol. The van der Waals surface area contributed by atoms with Crippen LogP contribution in [-0.4, -0.2) is 64.6 Å². The number of carbonyl (C=O) groups is 5. The Bertz CT molecular complexity index is 867. The minimum atomic E-state index is -1.25. The Hall–Kier alpha value is -3.12. The predicted octanol–water partition coefficient (Wildman–Crippen LogP) is -1.05. The van der Waals surface area contributed by atoms with Crippen LogP contribution in [0.15, 0.2) is 30.3 Å².